The first kappa shape index (κ1) is 17.9. The van der Waals surface area contributed by atoms with E-state index in [1.165, 1.54) is 11.3 Å². The average molecular weight is 449 g/mol. The van der Waals surface area contributed by atoms with Gasteiger partial charge in [0.1, 0.15) is 5.25 Å². The van der Waals surface area contributed by atoms with Crippen molar-refractivity contribution in [3.05, 3.63) is 55.6 Å². The molecule has 0 unspecified atom stereocenters. The Morgan fingerprint density at radius 2 is 2.12 bits per heavy atom. The fourth-order valence-electron chi connectivity index (χ4n) is 2.83. The number of carbonyl (C=O) groups is 1. The Morgan fingerprint density at radius 1 is 1.38 bits per heavy atom. The smallest absolute Gasteiger partial charge is 0.254 e. The van der Waals surface area contributed by atoms with E-state index in [4.69, 9.17) is 11.6 Å². The highest BCUT2D eigenvalue weighted by Crippen LogP contribution is 2.34. The molecule has 0 aliphatic carbocycles. The molecule has 8 heteroatoms. The summed E-state index contributed by atoms with van der Waals surface area (Å²) in [5.74, 6) is -0.237. The number of hydrogen-bond acceptors (Lipinski definition) is 4. The molecule has 1 aliphatic rings. The van der Waals surface area contributed by atoms with Crippen LogP contribution >= 0.6 is 38.9 Å². The van der Waals surface area contributed by atoms with Gasteiger partial charge in [0.2, 0.25) is 0 Å². The van der Waals surface area contributed by atoms with Gasteiger partial charge in [0.05, 0.1) is 10.8 Å². The lowest BCUT2D eigenvalue weighted by Gasteiger charge is -2.37. The molecule has 0 N–H and O–H groups in total. The summed E-state index contributed by atoms with van der Waals surface area (Å²) in [6.45, 7) is 1.93. The van der Waals surface area contributed by atoms with Crippen LogP contribution < -0.4 is 0 Å². The molecule has 24 heavy (non-hydrogen) atoms. The van der Waals surface area contributed by atoms with Gasteiger partial charge in [-0.3, -0.25) is 4.79 Å². The number of sulfone groups is 1. The van der Waals surface area contributed by atoms with Gasteiger partial charge in [-0.15, -0.1) is 11.3 Å². The van der Waals surface area contributed by atoms with Crippen molar-refractivity contribution in [3.63, 3.8) is 0 Å². The number of benzene rings is 1. The largest absolute Gasteiger partial charge is 0.333 e. The number of rotatable bonds is 2. The molecule has 2 aromatic rings. The molecule has 128 valence electrons. The van der Waals surface area contributed by atoms with Crippen LogP contribution in [0.1, 0.15) is 27.4 Å². The fourth-order valence-corrected chi connectivity index (χ4v) is 6.47. The number of nitrogens with zero attached hydrogens (tertiary/aromatic N) is 1. The second kappa shape index (κ2) is 6.78. The van der Waals surface area contributed by atoms with Gasteiger partial charge in [-0.25, -0.2) is 8.42 Å². The zero-order valence-electron chi connectivity index (χ0n) is 12.8. The van der Waals surface area contributed by atoms with Crippen LogP contribution in [-0.2, 0) is 9.84 Å². The van der Waals surface area contributed by atoms with Gasteiger partial charge in [0.15, 0.2) is 9.84 Å². The highest BCUT2D eigenvalue weighted by molar-refractivity contribution is 9.10. The van der Waals surface area contributed by atoms with Crippen LogP contribution in [0.5, 0.6) is 0 Å². The number of carbonyl (C=O) groups excluding carboxylic acids is 1. The molecule has 1 amide bonds. The first-order valence-electron chi connectivity index (χ1n) is 7.30. The number of thiophene rings is 1. The normalized spacial score (nSPS) is 23.2. The fraction of sp³-hybridized carbons (Fsp3) is 0.312. The molecule has 2 atom stereocenters. The zero-order valence-corrected chi connectivity index (χ0v) is 16.8. The van der Waals surface area contributed by atoms with Crippen molar-refractivity contribution in [1.29, 1.82) is 0 Å². The molecule has 0 saturated carbocycles. The number of hydrogen-bond donors (Lipinski definition) is 0. The van der Waals surface area contributed by atoms with Gasteiger partial charge in [-0.05, 0) is 52.5 Å². The van der Waals surface area contributed by atoms with Crippen LogP contribution in [0.4, 0.5) is 0 Å². The molecular formula is C16H15BrClNO3S2. The Morgan fingerprint density at radius 3 is 2.75 bits per heavy atom. The minimum Gasteiger partial charge on any atom is -0.333 e. The van der Waals surface area contributed by atoms with Crippen molar-refractivity contribution in [2.24, 2.45) is 0 Å². The molecular weight excluding hydrogens is 434 g/mol. The molecule has 1 saturated heterocycles. The Balaban J connectivity index is 1.92. The third kappa shape index (κ3) is 3.40. The molecule has 0 radical (unpaired) electrons. The lowest BCUT2D eigenvalue weighted by atomic mass is 10.1. The van der Waals surface area contributed by atoms with E-state index in [1.54, 1.807) is 30.0 Å². The van der Waals surface area contributed by atoms with Gasteiger partial charge >= 0.3 is 0 Å². The van der Waals surface area contributed by atoms with E-state index in [0.717, 1.165) is 4.88 Å². The predicted octanol–water partition coefficient (Wildman–Crippen LogP) is 4.16. The van der Waals surface area contributed by atoms with E-state index in [9.17, 15) is 13.2 Å². The van der Waals surface area contributed by atoms with Crippen LogP contribution in [0.3, 0.4) is 0 Å². The van der Waals surface area contributed by atoms with E-state index >= 15 is 0 Å². The SMILES string of the molecule is C[C@@H]1CS(=O)(=O)[C@@H](c2cccs2)CN1C(=O)c1ccc(Br)c(Cl)c1. The molecule has 3 rings (SSSR count). The summed E-state index contributed by atoms with van der Waals surface area (Å²) >= 11 is 10.8. The average Bonchev–Trinajstić information content (AvgIpc) is 3.02. The van der Waals surface area contributed by atoms with Crippen molar-refractivity contribution in [2.75, 3.05) is 12.3 Å². The van der Waals surface area contributed by atoms with Crippen LogP contribution in [0.25, 0.3) is 0 Å². The Hall–Kier alpha value is -0.890. The van der Waals surface area contributed by atoms with Crippen LogP contribution in [-0.4, -0.2) is 37.6 Å². The second-order valence-electron chi connectivity index (χ2n) is 5.77. The van der Waals surface area contributed by atoms with Gasteiger partial charge < -0.3 is 4.90 Å². The van der Waals surface area contributed by atoms with Gasteiger partial charge in [0.25, 0.3) is 5.91 Å². The molecule has 1 aromatic heterocycles. The first-order valence-corrected chi connectivity index (χ1v) is 11.1. The molecule has 0 bridgehead atoms. The summed E-state index contributed by atoms with van der Waals surface area (Å²) in [4.78, 5) is 15.3. The molecule has 1 fully saturated rings. The lowest BCUT2D eigenvalue weighted by Crippen LogP contribution is -2.50. The summed E-state index contributed by atoms with van der Waals surface area (Å²) in [7, 11) is -3.28. The maximum Gasteiger partial charge on any atom is 0.254 e. The van der Waals surface area contributed by atoms with Crippen molar-refractivity contribution < 1.29 is 13.2 Å². The lowest BCUT2D eigenvalue weighted by molar-refractivity contribution is 0.0697. The molecule has 2 heterocycles. The van der Waals surface area contributed by atoms with Gasteiger partial charge in [-0.2, -0.15) is 0 Å². The Labute approximate surface area is 158 Å². The van der Waals surface area contributed by atoms with Crippen molar-refractivity contribution >= 4 is 54.6 Å². The second-order valence-corrected chi connectivity index (χ2v) is 10.2. The predicted molar refractivity (Wildman–Crippen MR) is 100 cm³/mol. The zero-order chi connectivity index (χ0) is 17.5. The van der Waals surface area contributed by atoms with E-state index in [1.807, 2.05) is 17.5 Å². The van der Waals surface area contributed by atoms with Gasteiger partial charge in [0, 0.05) is 27.5 Å². The minimum absolute atomic E-state index is 0.0361. The Bertz CT molecular complexity index is 867. The standard InChI is InChI=1S/C16H15BrClNO3S2/c1-10-9-24(21,22)15(14-3-2-6-23-14)8-19(10)16(20)11-4-5-12(17)13(18)7-11/h2-7,10,15H,8-9H2,1H3/t10-,15-/m1/s1. The van der Waals surface area contributed by atoms with Gasteiger partial charge in [-0.1, -0.05) is 17.7 Å². The summed E-state index contributed by atoms with van der Waals surface area (Å²) < 4.78 is 25.8. The van der Waals surface area contributed by atoms with E-state index in [-0.39, 0.29) is 24.2 Å². The van der Waals surface area contributed by atoms with E-state index < -0.39 is 15.1 Å². The molecule has 1 aromatic carbocycles. The van der Waals surface area contributed by atoms with Crippen LogP contribution in [0.2, 0.25) is 5.02 Å². The van der Waals surface area contributed by atoms with Crippen LogP contribution in [0.15, 0.2) is 40.2 Å². The molecule has 0 spiro atoms. The third-order valence-corrected chi connectivity index (χ3v) is 8.67. The monoisotopic (exact) mass is 447 g/mol. The molecule has 1 aliphatic heterocycles. The summed E-state index contributed by atoms with van der Waals surface area (Å²) in [6.07, 6.45) is 0. The maximum atomic E-state index is 12.9. The number of amides is 1. The maximum absolute atomic E-state index is 12.9. The van der Waals surface area contributed by atoms with Crippen LogP contribution in [0, 0.1) is 0 Å². The topological polar surface area (TPSA) is 54.5 Å². The quantitative estimate of drug-likeness (QED) is 0.693. The summed E-state index contributed by atoms with van der Waals surface area (Å²) in [5, 5.41) is 1.64. The minimum atomic E-state index is -3.28. The summed E-state index contributed by atoms with van der Waals surface area (Å²) in [5.41, 5.74) is 0.458. The van der Waals surface area contributed by atoms with Crippen molar-refractivity contribution in [3.8, 4) is 0 Å². The first-order chi connectivity index (χ1) is 11.3. The number of halogens is 2. The highest BCUT2D eigenvalue weighted by atomic mass is 79.9. The highest BCUT2D eigenvalue weighted by Gasteiger charge is 2.40. The Kier molecular flexibility index (Phi) is 5.06. The molecule has 4 nitrogen and oxygen atoms in total. The van der Waals surface area contributed by atoms with Crippen molar-refractivity contribution in [2.45, 2.75) is 18.2 Å². The third-order valence-electron chi connectivity index (χ3n) is 4.09. The summed E-state index contributed by atoms with van der Waals surface area (Å²) in [6, 6.07) is 8.27. The van der Waals surface area contributed by atoms with Crippen molar-refractivity contribution in [1.82, 2.24) is 4.90 Å². The van der Waals surface area contributed by atoms with E-state index in [2.05, 4.69) is 15.9 Å². The van der Waals surface area contributed by atoms with E-state index in [0.29, 0.717) is 15.1 Å².